The van der Waals surface area contributed by atoms with E-state index in [1.807, 2.05) is 0 Å². The lowest BCUT2D eigenvalue weighted by Gasteiger charge is -2.23. The maximum absolute atomic E-state index is 13.0. The Morgan fingerprint density at radius 3 is 2.53 bits per heavy atom. The van der Waals surface area contributed by atoms with Crippen LogP contribution in [0, 0.1) is 17.7 Å². The zero-order valence-electron chi connectivity index (χ0n) is 16.9. The van der Waals surface area contributed by atoms with Gasteiger partial charge in [0, 0.05) is 18.5 Å². The molecule has 1 saturated carbocycles. The Morgan fingerprint density at radius 2 is 1.94 bits per heavy atom. The van der Waals surface area contributed by atoms with Gasteiger partial charge in [0.2, 0.25) is 0 Å². The second kappa shape index (κ2) is 9.28. The third-order valence-corrected chi connectivity index (χ3v) is 6.04. The SMILES string of the molecule is CC1C(c2ccc(F)c(Cl)c2)CCC1C(F)(F)F.NC(=O)c1nccc2[nH]ccc(=O)c12. The Balaban J connectivity index is 0.000000186. The first-order valence-electron chi connectivity index (χ1n) is 9.78. The van der Waals surface area contributed by atoms with E-state index in [4.69, 9.17) is 17.3 Å². The number of aromatic amines is 1. The lowest BCUT2D eigenvalue weighted by molar-refractivity contribution is -0.182. The Hall–Kier alpha value is -2.94. The van der Waals surface area contributed by atoms with Crippen molar-refractivity contribution < 1.29 is 22.4 Å². The third kappa shape index (κ3) is 4.93. The number of alkyl halides is 3. The van der Waals surface area contributed by atoms with Crippen LogP contribution in [0.4, 0.5) is 17.6 Å². The first kappa shape index (κ1) is 23.7. The summed E-state index contributed by atoms with van der Waals surface area (Å²) in [6.45, 7) is 1.60. The number of benzene rings is 1. The lowest BCUT2D eigenvalue weighted by Crippen LogP contribution is -2.26. The van der Waals surface area contributed by atoms with Gasteiger partial charge < -0.3 is 10.7 Å². The van der Waals surface area contributed by atoms with Crippen LogP contribution in [0.1, 0.15) is 41.7 Å². The summed E-state index contributed by atoms with van der Waals surface area (Å²) in [5, 5.41) is 0.206. The number of halogens is 5. The summed E-state index contributed by atoms with van der Waals surface area (Å²) in [6.07, 6.45) is -0.622. The minimum absolute atomic E-state index is 0.00403. The minimum atomic E-state index is -4.15. The van der Waals surface area contributed by atoms with Crippen LogP contribution in [0.2, 0.25) is 5.02 Å². The molecule has 3 aromatic rings. The van der Waals surface area contributed by atoms with Crippen molar-refractivity contribution in [3.63, 3.8) is 0 Å². The first-order chi connectivity index (χ1) is 15.0. The van der Waals surface area contributed by atoms with Crippen molar-refractivity contribution >= 4 is 28.4 Å². The number of carbonyl (C=O) groups excluding carboxylic acids is 1. The van der Waals surface area contributed by atoms with Gasteiger partial charge in [-0.3, -0.25) is 14.6 Å². The van der Waals surface area contributed by atoms with Gasteiger partial charge in [0.05, 0.1) is 21.8 Å². The molecule has 3 unspecified atom stereocenters. The monoisotopic (exact) mass is 469 g/mol. The van der Waals surface area contributed by atoms with E-state index in [-0.39, 0.29) is 33.9 Å². The third-order valence-electron chi connectivity index (χ3n) is 5.75. The first-order valence-corrected chi connectivity index (χ1v) is 10.2. The van der Waals surface area contributed by atoms with E-state index in [0.717, 1.165) is 0 Å². The molecule has 4 rings (SSSR count). The molecule has 1 aliphatic rings. The molecule has 0 radical (unpaired) electrons. The van der Waals surface area contributed by atoms with Gasteiger partial charge >= 0.3 is 6.18 Å². The van der Waals surface area contributed by atoms with Gasteiger partial charge in [-0.25, -0.2) is 4.39 Å². The normalized spacial score (nSPS) is 20.6. The molecule has 3 atom stereocenters. The van der Waals surface area contributed by atoms with Gasteiger partial charge in [-0.2, -0.15) is 13.2 Å². The molecule has 1 aromatic carbocycles. The van der Waals surface area contributed by atoms with Crippen LogP contribution >= 0.6 is 11.6 Å². The van der Waals surface area contributed by atoms with E-state index < -0.39 is 29.7 Å². The second-order valence-corrected chi connectivity index (χ2v) is 8.06. The number of hydrogen-bond acceptors (Lipinski definition) is 3. The molecule has 2 heterocycles. The molecule has 1 aliphatic carbocycles. The molecule has 32 heavy (non-hydrogen) atoms. The summed E-state index contributed by atoms with van der Waals surface area (Å²) in [5.74, 6) is -3.21. The molecule has 0 saturated heterocycles. The van der Waals surface area contributed by atoms with Crippen molar-refractivity contribution in [3.05, 3.63) is 75.0 Å². The fourth-order valence-electron chi connectivity index (χ4n) is 4.15. The molecule has 5 nitrogen and oxygen atoms in total. The van der Waals surface area contributed by atoms with E-state index in [2.05, 4.69) is 9.97 Å². The predicted octanol–water partition coefficient (Wildman–Crippen LogP) is 5.19. The van der Waals surface area contributed by atoms with Crippen molar-refractivity contribution in [1.29, 1.82) is 0 Å². The van der Waals surface area contributed by atoms with Gasteiger partial charge in [-0.05, 0) is 48.4 Å². The van der Waals surface area contributed by atoms with Gasteiger partial charge in [-0.1, -0.05) is 24.6 Å². The number of pyridine rings is 2. The van der Waals surface area contributed by atoms with Crippen molar-refractivity contribution in [1.82, 2.24) is 9.97 Å². The molecular weight excluding hydrogens is 450 g/mol. The maximum atomic E-state index is 13.0. The van der Waals surface area contributed by atoms with E-state index in [1.54, 1.807) is 13.0 Å². The Labute approximate surface area is 185 Å². The zero-order chi connectivity index (χ0) is 23.6. The molecule has 0 aliphatic heterocycles. The second-order valence-electron chi connectivity index (χ2n) is 7.65. The summed E-state index contributed by atoms with van der Waals surface area (Å²) in [5.41, 5.74) is 6.09. The lowest BCUT2D eigenvalue weighted by atomic mass is 9.86. The smallest absolute Gasteiger partial charge is 0.364 e. The molecular formula is C22H20ClF4N3O2. The van der Waals surface area contributed by atoms with Crippen LogP contribution in [-0.2, 0) is 0 Å². The molecule has 0 bridgehead atoms. The number of hydrogen-bond donors (Lipinski definition) is 2. The fourth-order valence-corrected chi connectivity index (χ4v) is 4.34. The predicted molar refractivity (Wildman–Crippen MR) is 113 cm³/mol. The number of rotatable bonds is 2. The highest BCUT2D eigenvalue weighted by molar-refractivity contribution is 6.30. The number of nitrogens with one attached hydrogen (secondary N) is 1. The van der Waals surface area contributed by atoms with Crippen molar-refractivity contribution in [3.8, 4) is 0 Å². The Kier molecular flexibility index (Phi) is 6.88. The van der Waals surface area contributed by atoms with Gasteiger partial charge in [0.25, 0.3) is 5.91 Å². The van der Waals surface area contributed by atoms with Crippen molar-refractivity contribution in [2.24, 2.45) is 17.6 Å². The van der Waals surface area contributed by atoms with Crippen LogP contribution in [0.5, 0.6) is 0 Å². The highest BCUT2D eigenvalue weighted by Gasteiger charge is 2.49. The average molecular weight is 470 g/mol. The zero-order valence-corrected chi connectivity index (χ0v) is 17.7. The molecule has 170 valence electrons. The molecule has 10 heteroatoms. The summed E-state index contributed by atoms with van der Waals surface area (Å²) in [6, 6.07) is 7.13. The van der Waals surface area contributed by atoms with Crippen molar-refractivity contribution in [2.45, 2.75) is 31.9 Å². The van der Waals surface area contributed by atoms with Gasteiger partial charge in [0.1, 0.15) is 11.5 Å². The van der Waals surface area contributed by atoms with E-state index in [0.29, 0.717) is 17.5 Å². The molecule has 1 fully saturated rings. The molecule has 3 N–H and O–H groups in total. The van der Waals surface area contributed by atoms with E-state index >= 15 is 0 Å². The van der Waals surface area contributed by atoms with E-state index in [9.17, 15) is 27.2 Å². The van der Waals surface area contributed by atoms with Crippen LogP contribution in [0.15, 0.2) is 47.5 Å². The quantitative estimate of drug-likeness (QED) is 0.506. The number of aromatic nitrogens is 2. The fraction of sp³-hybridized carbons (Fsp3) is 0.318. The van der Waals surface area contributed by atoms with E-state index in [1.165, 1.54) is 36.7 Å². The highest BCUT2D eigenvalue weighted by Crippen LogP contribution is 2.50. The molecule has 2 aromatic heterocycles. The van der Waals surface area contributed by atoms with Crippen LogP contribution in [0.25, 0.3) is 10.9 Å². The van der Waals surface area contributed by atoms with Gasteiger partial charge in [0.15, 0.2) is 5.43 Å². The summed E-state index contributed by atoms with van der Waals surface area (Å²) in [4.78, 5) is 29.0. The Morgan fingerprint density at radius 1 is 1.22 bits per heavy atom. The molecule has 0 spiro atoms. The number of nitrogens with two attached hydrogens (primary N) is 1. The number of fused-ring (bicyclic) bond motifs is 1. The minimum Gasteiger partial charge on any atom is -0.364 e. The number of carbonyl (C=O) groups is 1. The summed E-state index contributed by atoms with van der Waals surface area (Å²) in [7, 11) is 0. The summed E-state index contributed by atoms with van der Waals surface area (Å²) >= 11 is 5.67. The number of H-pyrrole nitrogens is 1. The Bertz CT molecular complexity index is 1190. The number of amides is 1. The van der Waals surface area contributed by atoms with Crippen LogP contribution < -0.4 is 11.2 Å². The van der Waals surface area contributed by atoms with Crippen molar-refractivity contribution in [2.75, 3.05) is 0 Å². The van der Waals surface area contributed by atoms with Crippen LogP contribution in [0.3, 0.4) is 0 Å². The molecule has 1 amide bonds. The number of primary amides is 1. The topological polar surface area (TPSA) is 88.8 Å². The standard InChI is InChI=1S/C13H13ClF4.C9H7N3O2/c1-7-9(3-4-10(7)13(16,17)18)8-2-5-12(15)11(14)6-8;10-9(14)8-7-5(1-3-12-8)11-4-2-6(7)13/h2,5-7,9-10H,3-4H2,1H3;1-4H,(H2,10,14)(H,11,13). The van der Waals surface area contributed by atoms with Gasteiger partial charge in [-0.15, -0.1) is 0 Å². The maximum Gasteiger partial charge on any atom is 0.392 e. The highest BCUT2D eigenvalue weighted by atomic mass is 35.5. The largest absolute Gasteiger partial charge is 0.392 e. The summed E-state index contributed by atoms with van der Waals surface area (Å²) < 4.78 is 51.3. The van der Waals surface area contributed by atoms with Crippen LogP contribution in [-0.4, -0.2) is 22.1 Å². The average Bonchev–Trinajstić information content (AvgIpc) is 3.12. The number of nitrogens with zero attached hydrogens (tertiary/aromatic N) is 1.